The van der Waals surface area contributed by atoms with Gasteiger partial charge in [-0.1, -0.05) is 6.92 Å². The van der Waals surface area contributed by atoms with E-state index in [0.717, 1.165) is 5.69 Å². The Hall–Kier alpha value is -1.60. The van der Waals surface area contributed by atoms with Gasteiger partial charge in [-0.2, -0.15) is 4.31 Å². The first-order chi connectivity index (χ1) is 9.95. The SMILES string of the molecule is CCc1ncc(S(=O)(=O)N2CCn3c(C)ccc3C2C)[nH]1. The number of H-pyrrole nitrogens is 1. The Morgan fingerprint density at radius 3 is 2.81 bits per heavy atom. The van der Waals surface area contributed by atoms with Crippen molar-refractivity contribution in [3.05, 3.63) is 35.5 Å². The number of sulfonamides is 1. The van der Waals surface area contributed by atoms with Gasteiger partial charge in [0.15, 0.2) is 5.03 Å². The molecule has 1 aliphatic heterocycles. The van der Waals surface area contributed by atoms with E-state index in [1.54, 1.807) is 4.31 Å². The highest BCUT2D eigenvalue weighted by atomic mass is 32.2. The number of aryl methyl sites for hydroxylation is 2. The summed E-state index contributed by atoms with van der Waals surface area (Å²) in [4.78, 5) is 7.01. The summed E-state index contributed by atoms with van der Waals surface area (Å²) in [5.74, 6) is 0.692. The Morgan fingerprint density at radius 1 is 1.38 bits per heavy atom. The lowest BCUT2D eigenvalue weighted by molar-refractivity contribution is 0.280. The van der Waals surface area contributed by atoms with E-state index in [1.165, 1.54) is 11.9 Å². The van der Waals surface area contributed by atoms with Crippen molar-refractivity contribution >= 4 is 10.0 Å². The first-order valence-electron chi connectivity index (χ1n) is 7.17. The molecule has 3 heterocycles. The molecule has 1 N–H and O–H groups in total. The Bertz CT molecular complexity index is 760. The highest BCUT2D eigenvalue weighted by molar-refractivity contribution is 7.89. The minimum Gasteiger partial charge on any atom is -0.346 e. The molecule has 3 rings (SSSR count). The Labute approximate surface area is 124 Å². The zero-order valence-electron chi connectivity index (χ0n) is 12.5. The Kier molecular flexibility index (Phi) is 3.41. The average Bonchev–Trinajstić information content (AvgIpc) is 3.07. The molecule has 0 aliphatic carbocycles. The van der Waals surface area contributed by atoms with Crippen molar-refractivity contribution in [1.82, 2.24) is 18.8 Å². The molecule has 0 saturated carbocycles. The molecule has 0 aromatic carbocycles. The fraction of sp³-hybridized carbons (Fsp3) is 0.500. The summed E-state index contributed by atoms with van der Waals surface area (Å²) in [6.07, 6.45) is 2.10. The summed E-state index contributed by atoms with van der Waals surface area (Å²) in [5, 5.41) is 0.183. The van der Waals surface area contributed by atoms with Gasteiger partial charge >= 0.3 is 0 Å². The highest BCUT2D eigenvalue weighted by Gasteiger charge is 2.35. The van der Waals surface area contributed by atoms with Crippen LogP contribution in [0.1, 0.15) is 37.1 Å². The predicted octanol–water partition coefficient (Wildman–Crippen LogP) is 1.85. The topological polar surface area (TPSA) is 71.0 Å². The summed E-state index contributed by atoms with van der Waals surface area (Å²) >= 11 is 0. The third-order valence-electron chi connectivity index (χ3n) is 4.16. The first-order valence-corrected chi connectivity index (χ1v) is 8.61. The standard InChI is InChI=1S/C14H20N4O2S/c1-4-13-15-9-14(16-13)21(19,20)18-8-7-17-10(2)5-6-12(17)11(18)3/h5-6,9,11H,4,7-8H2,1-3H3,(H,15,16). The summed E-state index contributed by atoms with van der Waals surface area (Å²) in [5.41, 5.74) is 2.21. The third kappa shape index (κ3) is 2.20. The van der Waals surface area contributed by atoms with Crippen molar-refractivity contribution in [2.24, 2.45) is 0 Å². The highest BCUT2D eigenvalue weighted by Crippen LogP contribution is 2.31. The van der Waals surface area contributed by atoms with E-state index in [2.05, 4.69) is 14.5 Å². The monoisotopic (exact) mass is 308 g/mol. The maximum absolute atomic E-state index is 12.8. The molecule has 1 atom stereocenters. The predicted molar refractivity (Wildman–Crippen MR) is 79.4 cm³/mol. The number of nitrogens with zero attached hydrogens (tertiary/aromatic N) is 3. The largest absolute Gasteiger partial charge is 0.346 e. The number of aromatic amines is 1. The lowest BCUT2D eigenvalue weighted by Gasteiger charge is -2.34. The van der Waals surface area contributed by atoms with Crippen molar-refractivity contribution in [1.29, 1.82) is 0 Å². The molecule has 114 valence electrons. The molecule has 0 amide bonds. The summed E-state index contributed by atoms with van der Waals surface area (Å²) in [6, 6.07) is 3.87. The molecule has 1 aliphatic rings. The van der Waals surface area contributed by atoms with Crippen LogP contribution in [0.15, 0.2) is 23.4 Å². The van der Waals surface area contributed by atoms with E-state index in [0.29, 0.717) is 25.3 Å². The van der Waals surface area contributed by atoms with Gasteiger partial charge in [0.1, 0.15) is 5.82 Å². The van der Waals surface area contributed by atoms with Crippen molar-refractivity contribution in [2.45, 2.75) is 44.8 Å². The second kappa shape index (κ2) is 4.99. The van der Waals surface area contributed by atoms with Crippen molar-refractivity contribution < 1.29 is 8.42 Å². The molecule has 2 aromatic rings. The van der Waals surface area contributed by atoms with Crippen LogP contribution >= 0.6 is 0 Å². The molecule has 7 heteroatoms. The molecule has 0 saturated heterocycles. The van der Waals surface area contributed by atoms with Crippen LogP contribution < -0.4 is 0 Å². The van der Waals surface area contributed by atoms with Gasteiger partial charge in [-0.25, -0.2) is 13.4 Å². The summed E-state index contributed by atoms with van der Waals surface area (Å²) < 4.78 is 29.3. The number of aromatic nitrogens is 3. The normalized spacial score (nSPS) is 19.7. The van der Waals surface area contributed by atoms with Crippen LogP contribution in [0.4, 0.5) is 0 Å². The second-order valence-corrected chi connectivity index (χ2v) is 7.25. The maximum atomic E-state index is 12.8. The molecule has 6 nitrogen and oxygen atoms in total. The average molecular weight is 308 g/mol. The molecular weight excluding hydrogens is 288 g/mol. The second-order valence-electron chi connectivity index (χ2n) is 5.39. The van der Waals surface area contributed by atoms with Gasteiger partial charge in [-0.3, -0.25) is 0 Å². The van der Waals surface area contributed by atoms with E-state index in [4.69, 9.17) is 0 Å². The Balaban J connectivity index is 1.97. The van der Waals surface area contributed by atoms with Crippen LogP contribution in [0.5, 0.6) is 0 Å². The maximum Gasteiger partial charge on any atom is 0.260 e. The van der Waals surface area contributed by atoms with Gasteiger partial charge in [0.05, 0.1) is 12.2 Å². The zero-order chi connectivity index (χ0) is 15.2. The molecular formula is C14H20N4O2S. The van der Waals surface area contributed by atoms with Crippen LogP contribution in [0.25, 0.3) is 0 Å². The zero-order valence-corrected chi connectivity index (χ0v) is 13.3. The van der Waals surface area contributed by atoms with Crippen molar-refractivity contribution in [3.63, 3.8) is 0 Å². The lowest BCUT2D eigenvalue weighted by Crippen LogP contribution is -2.41. The molecule has 1 unspecified atom stereocenters. The quantitative estimate of drug-likeness (QED) is 0.940. The van der Waals surface area contributed by atoms with Gasteiger partial charge in [0.25, 0.3) is 10.0 Å². The third-order valence-corrected chi connectivity index (χ3v) is 6.04. The van der Waals surface area contributed by atoms with Gasteiger partial charge in [0, 0.05) is 30.9 Å². The first kappa shape index (κ1) is 14.3. The van der Waals surface area contributed by atoms with E-state index >= 15 is 0 Å². The minimum absolute atomic E-state index is 0.175. The van der Waals surface area contributed by atoms with E-state index in [1.807, 2.05) is 32.9 Å². The van der Waals surface area contributed by atoms with E-state index in [9.17, 15) is 8.42 Å². The van der Waals surface area contributed by atoms with Crippen LogP contribution in [0, 0.1) is 6.92 Å². The molecule has 21 heavy (non-hydrogen) atoms. The van der Waals surface area contributed by atoms with Crippen LogP contribution in [-0.4, -0.2) is 33.8 Å². The minimum atomic E-state index is -3.53. The van der Waals surface area contributed by atoms with Crippen LogP contribution in [-0.2, 0) is 23.0 Å². The number of hydrogen-bond acceptors (Lipinski definition) is 3. The molecule has 2 aromatic heterocycles. The molecule has 0 bridgehead atoms. The fourth-order valence-electron chi connectivity index (χ4n) is 2.91. The molecule has 0 fully saturated rings. The van der Waals surface area contributed by atoms with E-state index < -0.39 is 10.0 Å². The van der Waals surface area contributed by atoms with Gasteiger partial charge in [0.2, 0.25) is 0 Å². The molecule has 0 radical (unpaired) electrons. The summed E-state index contributed by atoms with van der Waals surface area (Å²) in [6.45, 7) is 7.08. The number of hydrogen-bond donors (Lipinski definition) is 1. The van der Waals surface area contributed by atoms with Gasteiger partial charge in [-0.15, -0.1) is 0 Å². The fourth-order valence-corrected chi connectivity index (χ4v) is 4.44. The Morgan fingerprint density at radius 2 is 2.14 bits per heavy atom. The number of fused-ring (bicyclic) bond motifs is 1. The number of nitrogens with one attached hydrogen (secondary N) is 1. The number of rotatable bonds is 3. The van der Waals surface area contributed by atoms with Crippen molar-refractivity contribution in [3.8, 4) is 0 Å². The van der Waals surface area contributed by atoms with Gasteiger partial charge in [-0.05, 0) is 26.0 Å². The van der Waals surface area contributed by atoms with Crippen molar-refractivity contribution in [2.75, 3.05) is 6.54 Å². The van der Waals surface area contributed by atoms with Crippen LogP contribution in [0.3, 0.4) is 0 Å². The molecule has 0 spiro atoms. The lowest BCUT2D eigenvalue weighted by atomic mass is 10.2. The van der Waals surface area contributed by atoms with Gasteiger partial charge < -0.3 is 9.55 Å². The number of imidazole rings is 1. The summed E-state index contributed by atoms with van der Waals surface area (Å²) in [7, 11) is -3.53. The van der Waals surface area contributed by atoms with E-state index in [-0.39, 0.29) is 11.1 Å². The smallest absolute Gasteiger partial charge is 0.260 e. The van der Waals surface area contributed by atoms with Crippen LogP contribution in [0.2, 0.25) is 0 Å².